The van der Waals surface area contributed by atoms with Crippen LogP contribution in [0.1, 0.15) is 17.5 Å². The number of hydrogen-bond acceptors (Lipinski definition) is 7. The molecule has 0 aliphatic rings. The number of esters is 1. The zero-order valence-corrected chi connectivity index (χ0v) is 8.89. The lowest BCUT2D eigenvalue weighted by atomic mass is 10.6. The highest BCUT2D eigenvalue weighted by Gasteiger charge is 2.14. The third-order valence-electron chi connectivity index (χ3n) is 1.50. The van der Waals surface area contributed by atoms with Crippen molar-refractivity contribution in [3.8, 4) is 0 Å². The van der Waals surface area contributed by atoms with Gasteiger partial charge in [-0.25, -0.2) is 4.79 Å². The van der Waals surface area contributed by atoms with E-state index >= 15 is 0 Å². The van der Waals surface area contributed by atoms with Crippen molar-refractivity contribution in [2.45, 2.75) is 6.92 Å². The molecule has 1 aromatic rings. The quantitative estimate of drug-likeness (QED) is 0.685. The summed E-state index contributed by atoms with van der Waals surface area (Å²) in [6.07, 6.45) is 0. The summed E-state index contributed by atoms with van der Waals surface area (Å²) in [4.78, 5) is 24.4. The second-order valence-electron chi connectivity index (χ2n) is 2.93. The maximum Gasteiger partial charge on any atom is 0.376 e. The topological polar surface area (TPSA) is 94.2 Å². The van der Waals surface area contributed by atoms with Crippen LogP contribution in [0.2, 0.25) is 0 Å². The van der Waals surface area contributed by atoms with Gasteiger partial charge in [-0.05, 0) is 6.92 Å². The number of rotatable bonds is 3. The molecule has 0 bridgehead atoms. The molecule has 1 aromatic heterocycles. The zero-order valence-electron chi connectivity index (χ0n) is 8.89. The molecule has 7 heteroatoms. The van der Waals surface area contributed by atoms with Gasteiger partial charge < -0.3 is 15.4 Å². The number of anilines is 2. The fourth-order valence-corrected chi connectivity index (χ4v) is 0.868. The van der Waals surface area contributed by atoms with Crippen molar-refractivity contribution in [3.05, 3.63) is 5.82 Å². The van der Waals surface area contributed by atoms with Crippen LogP contribution in [0.5, 0.6) is 0 Å². The molecular formula is C8H13N5O2. The first-order valence-electron chi connectivity index (χ1n) is 4.40. The Morgan fingerprint density at radius 3 is 2.60 bits per heavy atom. The van der Waals surface area contributed by atoms with Crippen LogP contribution in [-0.2, 0) is 4.74 Å². The lowest BCUT2D eigenvalue weighted by molar-refractivity contribution is 0.0512. The van der Waals surface area contributed by atoms with Gasteiger partial charge in [-0.3, -0.25) is 0 Å². The van der Waals surface area contributed by atoms with Crippen molar-refractivity contribution in [2.24, 2.45) is 0 Å². The molecule has 0 saturated heterocycles. The molecule has 1 rings (SSSR count). The first-order valence-corrected chi connectivity index (χ1v) is 4.40. The average molecular weight is 211 g/mol. The molecule has 0 aromatic carbocycles. The second-order valence-corrected chi connectivity index (χ2v) is 2.93. The van der Waals surface area contributed by atoms with Gasteiger partial charge in [-0.15, -0.1) is 0 Å². The average Bonchev–Trinajstić information content (AvgIpc) is 2.17. The fourth-order valence-electron chi connectivity index (χ4n) is 0.868. The Kier molecular flexibility index (Phi) is 3.37. The van der Waals surface area contributed by atoms with Crippen LogP contribution in [0.3, 0.4) is 0 Å². The van der Waals surface area contributed by atoms with E-state index in [1.165, 1.54) is 0 Å². The van der Waals surface area contributed by atoms with E-state index in [0.717, 1.165) is 0 Å². The number of carbonyl (C=O) groups excluding carboxylic acids is 1. The van der Waals surface area contributed by atoms with Gasteiger partial charge in [0.1, 0.15) is 0 Å². The van der Waals surface area contributed by atoms with Crippen molar-refractivity contribution >= 4 is 17.9 Å². The molecule has 0 aliphatic carbocycles. The summed E-state index contributed by atoms with van der Waals surface area (Å²) in [5, 5.41) is 0. The van der Waals surface area contributed by atoms with E-state index in [4.69, 9.17) is 10.5 Å². The Morgan fingerprint density at radius 1 is 1.40 bits per heavy atom. The first-order chi connectivity index (χ1) is 7.04. The molecular weight excluding hydrogens is 198 g/mol. The van der Waals surface area contributed by atoms with E-state index in [-0.39, 0.29) is 18.4 Å². The van der Waals surface area contributed by atoms with Crippen LogP contribution in [0, 0.1) is 0 Å². The largest absolute Gasteiger partial charge is 0.460 e. The van der Waals surface area contributed by atoms with Crippen molar-refractivity contribution < 1.29 is 9.53 Å². The molecule has 82 valence electrons. The van der Waals surface area contributed by atoms with Crippen LogP contribution in [0.4, 0.5) is 11.9 Å². The number of nitrogens with two attached hydrogens (primary N) is 1. The summed E-state index contributed by atoms with van der Waals surface area (Å²) in [5.74, 6) is -0.356. The van der Waals surface area contributed by atoms with Gasteiger partial charge in [0, 0.05) is 14.1 Å². The Hall–Kier alpha value is -1.92. The number of ether oxygens (including phenoxy) is 1. The number of carbonyl (C=O) groups is 1. The van der Waals surface area contributed by atoms with E-state index in [0.29, 0.717) is 5.95 Å². The van der Waals surface area contributed by atoms with Gasteiger partial charge in [0.2, 0.25) is 17.7 Å². The van der Waals surface area contributed by atoms with E-state index in [9.17, 15) is 4.79 Å². The summed E-state index contributed by atoms with van der Waals surface area (Å²) >= 11 is 0. The normalized spacial score (nSPS) is 9.80. The molecule has 0 saturated carbocycles. The van der Waals surface area contributed by atoms with Crippen molar-refractivity contribution in [3.63, 3.8) is 0 Å². The van der Waals surface area contributed by atoms with Gasteiger partial charge in [0.05, 0.1) is 6.61 Å². The van der Waals surface area contributed by atoms with Gasteiger partial charge >= 0.3 is 5.97 Å². The molecule has 1 heterocycles. The molecule has 2 N–H and O–H groups in total. The van der Waals surface area contributed by atoms with Crippen molar-refractivity contribution in [2.75, 3.05) is 31.3 Å². The number of nitrogens with zero attached hydrogens (tertiary/aromatic N) is 4. The SMILES string of the molecule is CCOC(=O)c1nc(N)nc(N(C)C)n1. The predicted molar refractivity (Wildman–Crippen MR) is 54.5 cm³/mol. The lowest BCUT2D eigenvalue weighted by Gasteiger charge is -2.10. The van der Waals surface area contributed by atoms with Gasteiger partial charge in [0.15, 0.2) is 0 Å². The highest BCUT2D eigenvalue weighted by atomic mass is 16.5. The maximum absolute atomic E-state index is 11.3. The van der Waals surface area contributed by atoms with E-state index in [1.54, 1.807) is 25.9 Å². The molecule has 0 atom stereocenters. The minimum Gasteiger partial charge on any atom is -0.460 e. The van der Waals surface area contributed by atoms with Crippen LogP contribution in [-0.4, -0.2) is 41.6 Å². The van der Waals surface area contributed by atoms with E-state index < -0.39 is 5.97 Å². The molecule has 0 aliphatic heterocycles. The number of aromatic nitrogens is 3. The first kappa shape index (κ1) is 11.2. The fraction of sp³-hybridized carbons (Fsp3) is 0.500. The Labute approximate surface area is 87.3 Å². The van der Waals surface area contributed by atoms with E-state index in [2.05, 4.69) is 15.0 Å². The Morgan fingerprint density at radius 2 is 2.07 bits per heavy atom. The molecule has 7 nitrogen and oxygen atoms in total. The molecule has 15 heavy (non-hydrogen) atoms. The van der Waals surface area contributed by atoms with Crippen LogP contribution in [0.15, 0.2) is 0 Å². The Balaban J connectivity index is 3.03. The monoisotopic (exact) mass is 211 g/mol. The summed E-state index contributed by atoms with van der Waals surface area (Å²) in [5.41, 5.74) is 5.43. The highest BCUT2D eigenvalue weighted by Crippen LogP contribution is 2.06. The smallest absolute Gasteiger partial charge is 0.376 e. The third kappa shape index (κ3) is 2.76. The van der Waals surface area contributed by atoms with Gasteiger partial charge in [-0.1, -0.05) is 0 Å². The van der Waals surface area contributed by atoms with E-state index in [1.807, 2.05) is 0 Å². The maximum atomic E-state index is 11.3. The van der Waals surface area contributed by atoms with Crippen LogP contribution in [0.25, 0.3) is 0 Å². The molecule has 0 unspecified atom stereocenters. The minimum atomic E-state index is -0.602. The standard InChI is InChI=1S/C8H13N5O2/c1-4-15-6(14)5-10-7(9)12-8(11-5)13(2)3/h4H2,1-3H3,(H2,9,10,11,12). The highest BCUT2D eigenvalue weighted by molar-refractivity contribution is 5.85. The number of nitrogen functional groups attached to an aromatic ring is 1. The minimum absolute atomic E-state index is 0.00301. The van der Waals surface area contributed by atoms with Crippen molar-refractivity contribution in [1.29, 1.82) is 0 Å². The molecule has 0 radical (unpaired) electrons. The molecule has 0 amide bonds. The van der Waals surface area contributed by atoms with Gasteiger partial charge in [0.25, 0.3) is 0 Å². The Bertz CT molecular complexity index is 366. The predicted octanol–water partition coefficient (Wildman–Crippen LogP) is -0.303. The summed E-state index contributed by atoms with van der Waals surface area (Å²) in [7, 11) is 3.48. The van der Waals surface area contributed by atoms with Crippen LogP contribution >= 0.6 is 0 Å². The lowest BCUT2D eigenvalue weighted by Crippen LogP contribution is -2.19. The second kappa shape index (κ2) is 4.54. The van der Waals surface area contributed by atoms with Crippen LogP contribution < -0.4 is 10.6 Å². The summed E-state index contributed by atoms with van der Waals surface area (Å²) in [6.45, 7) is 1.97. The summed E-state index contributed by atoms with van der Waals surface area (Å²) < 4.78 is 4.75. The zero-order chi connectivity index (χ0) is 11.4. The summed E-state index contributed by atoms with van der Waals surface area (Å²) in [6, 6.07) is 0. The molecule has 0 fully saturated rings. The van der Waals surface area contributed by atoms with Crippen molar-refractivity contribution in [1.82, 2.24) is 15.0 Å². The number of hydrogen-bond donors (Lipinski definition) is 1. The molecule has 0 spiro atoms. The third-order valence-corrected chi connectivity index (χ3v) is 1.50. The van der Waals surface area contributed by atoms with Gasteiger partial charge in [-0.2, -0.15) is 15.0 Å².